The molecule has 0 saturated carbocycles. The summed E-state index contributed by atoms with van der Waals surface area (Å²) in [7, 11) is 0. The first-order valence-electron chi connectivity index (χ1n) is 6.47. The number of hydrogen-bond acceptors (Lipinski definition) is 5. The fraction of sp³-hybridized carbons (Fsp3) is 0.667. The van der Waals surface area contributed by atoms with Crippen molar-refractivity contribution in [1.29, 1.82) is 0 Å². The van der Waals surface area contributed by atoms with E-state index < -0.39 is 0 Å². The normalized spacial score (nSPS) is 27.1. The second kappa shape index (κ2) is 4.68. The first-order valence-corrected chi connectivity index (χ1v) is 6.47. The van der Waals surface area contributed by atoms with Gasteiger partial charge in [0.25, 0.3) is 5.95 Å². The Morgan fingerprint density at radius 1 is 1.44 bits per heavy atom. The Labute approximate surface area is 106 Å². The van der Waals surface area contributed by atoms with E-state index in [1.807, 2.05) is 13.0 Å². The van der Waals surface area contributed by atoms with E-state index >= 15 is 0 Å². The number of aromatic nitrogens is 2. The molecule has 3 heterocycles. The van der Waals surface area contributed by atoms with Crippen LogP contribution in [0, 0.1) is 12.8 Å². The lowest BCUT2D eigenvalue weighted by molar-refractivity contribution is 0.340. The third-order valence-electron chi connectivity index (χ3n) is 3.85. The topological polar surface area (TPSA) is 53.1 Å². The summed E-state index contributed by atoms with van der Waals surface area (Å²) in [5.74, 6) is 1.56. The number of nitrogens with zero attached hydrogens (tertiary/aromatic N) is 3. The summed E-state index contributed by atoms with van der Waals surface area (Å²) in [6, 6.07) is 2.47. The van der Waals surface area contributed by atoms with Crippen LogP contribution in [0.1, 0.15) is 18.5 Å². The molecule has 3 rings (SSSR count). The quantitative estimate of drug-likeness (QED) is 0.775. The Kier molecular flexibility index (Phi) is 3.03. The highest BCUT2D eigenvalue weighted by molar-refractivity contribution is 5.45. The molecule has 1 aromatic heterocycles. The van der Waals surface area contributed by atoms with E-state index in [2.05, 4.69) is 20.2 Å². The smallest absolute Gasteiger partial charge is 0.253 e. The zero-order valence-corrected chi connectivity index (χ0v) is 10.5. The van der Waals surface area contributed by atoms with Gasteiger partial charge >= 0.3 is 0 Å². The van der Waals surface area contributed by atoms with E-state index in [0.717, 1.165) is 31.1 Å². The minimum atomic E-state index is 0.0489. The summed E-state index contributed by atoms with van der Waals surface area (Å²) in [5.41, 5.74) is 2.31. The standard InChI is InChI=1S/C12H18FN5/c1-8-5-11(16-12(15-8)17-13)18-6-9-3-2-4-14-10(9)7-18/h5,9-10,14H,2-4,6-7H2,1H3,(H,15,16,17). The van der Waals surface area contributed by atoms with Crippen molar-refractivity contribution in [2.24, 2.45) is 5.92 Å². The van der Waals surface area contributed by atoms with E-state index in [1.165, 1.54) is 18.4 Å². The number of hydrogen-bond donors (Lipinski definition) is 2. The van der Waals surface area contributed by atoms with Gasteiger partial charge in [0.2, 0.25) is 0 Å². The first-order chi connectivity index (χ1) is 8.76. The molecular weight excluding hydrogens is 233 g/mol. The maximum atomic E-state index is 12.5. The minimum Gasteiger partial charge on any atom is -0.355 e. The van der Waals surface area contributed by atoms with Gasteiger partial charge in [0.05, 0.1) is 0 Å². The van der Waals surface area contributed by atoms with Crippen molar-refractivity contribution in [3.05, 3.63) is 11.8 Å². The fourth-order valence-electron chi connectivity index (χ4n) is 2.99. The monoisotopic (exact) mass is 251 g/mol. The van der Waals surface area contributed by atoms with Crippen molar-refractivity contribution in [2.45, 2.75) is 25.8 Å². The molecule has 2 aliphatic heterocycles. The molecule has 0 radical (unpaired) electrons. The molecule has 2 N–H and O–H groups in total. The molecule has 2 unspecified atom stereocenters. The highest BCUT2D eigenvalue weighted by atomic mass is 19.2. The van der Waals surface area contributed by atoms with Crippen LogP contribution in [0.25, 0.3) is 0 Å². The molecule has 0 bridgehead atoms. The van der Waals surface area contributed by atoms with Gasteiger partial charge in [0, 0.05) is 30.9 Å². The first kappa shape index (κ1) is 11.6. The van der Waals surface area contributed by atoms with Crippen LogP contribution in [-0.2, 0) is 0 Å². The molecule has 0 spiro atoms. The van der Waals surface area contributed by atoms with Crippen LogP contribution in [0.2, 0.25) is 0 Å². The second-order valence-corrected chi connectivity index (χ2v) is 5.15. The van der Waals surface area contributed by atoms with Crippen LogP contribution in [-0.4, -0.2) is 35.6 Å². The number of nitrogens with one attached hydrogen (secondary N) is 2. The Bertz CT molecular complexity index is 424. The fourth-order valence-corrected chi connectivity index (χ4v) is 2.99. The molecule has 2 saturated heterocycles. The SMILES string of the molecule is Cc1cc(N2CC3CCCNC3C2)nc(NF)n1. The lowest BCUT2D eigenvalue weighted by Crippen LogP contribution is -2.40. The van der Waals surface area contributed by atoms with Gasteiger partial charge in [-0.1, -0.05) is 0 Å². The Balaban J connectivity index is 1.81. The number of anilines is 2. The summed E-state index contributed by atoms with van der Waals surface area (Å²) >= 11 is 0. The van der Waals surface area contributed by atoms with Crippen LogP contribution in [0.15, 0.2) is 6.07 Å². The molecular formula is C12H18FN5. The van der Waals surface area contributed by atoms with E-state index in [4.69, 9.17) is 0 Å². The maximum absolute atomic E-state index is 12.5. The Morgan fingerprint density at radius 3 is 3.11 bits per heavy atom. The summed E-state index contributed by atoms with van der Waals surface area (Å²) in [4.78, 5) is 10.4. The van der Waals surface area contributed by atoms with E-state index in [1.54, 1.807) is 0 Å². The molecule has 2 fully saturated rings. The molecule has 5 nitrogen and oxygen atoms in total. The summed E-state index contributed by atoms with van der Waals surface area (Å²) in [6.45, 7) is 4.91. The number of aryl methyl sites for hydroxylation is 1. The molecule has 0 amide bonds. The van der Waals surface area contributed by atoms with Gasteiger partial charge in [-0.3, -0.25) is 0 Å². The second-order valence-electron chi connectivity index (χ2n) is 5.15. The number of piperidine rings is 1. The van der Waals surface area contributed by atoms with Crippen molar-refractivity contribution in [3.63, 3.8) is 0 Å². The predicted molar refractivity (Wildman–Crippen MR) is 68.2 cm³/mol. The van der Waals surface area contributed by atoms with Crippen LogP contribution < -0.4 is 15.8 Å². The molecule has 0 aromatic carbocycles. The van der Waals surface area contributed by atoms with Gasteiger partial charge in [0.1, 0.15) is 5.82 Å². The summed E-state index contributed by atoms with van der Waals surface area (Å²) < 4.78 is 12.5. The number of fused-ring (bicyclic) bond motifs is 1. The highest BCUT2D eigenvalue weighted by Gasteiger charge is 2.34. The predicted octanol–water partition coefficient (Wildman–Crippen LogP) is 1.27. The lowest BCUT2D eigenvalue weighted by atomic mass is 9.94. The van der Waals surface area contributed by atoms with Gasteiger partial charge < -0.3 is 10.2 Å². The van der Waals surface area contributed by atoms with Gasteiger partial charge in [-0.15, -0.1) is 4.48 Å². The zero-order chi connectivity index (χ0) is 12.5. The van der Waals surface area contributed by atoms with Crippen LogP contribution >= 0.6 is 0 Å². The maximum Gasteiger partial charge on any atom is 0.253 e. The van der Waals surface area contributed by atoms with Crippen LogP contribution in [0.3, 0.4) is 0 Å². The van der Waals surface area contributed by atoms with Crippen molar-refractivity contribution in [3.8, 4) is 0 Å². The van der Waals surface area contributed by atoms with Gasteiger partial charge in [0.15, 0.2) is 0 Å². The largest absolute Gasteiger partial charge is 0.355 e. The summed E-state index contributed by atoms with van der Waals surface area (Å²) in [6.07, 6.45) is 2.52. The van der Waals surface area contributed by atoms with Crippen molar-refractivity contribution >= 4 is 11.8 Å². The van der Waals surface area contributed by atoms with Crippen molar-refractivity contribution < 1.29 is 4.48 Å². The average molecular weight is 251 g/mol. The zero-order valence-electron chi connectivity index (χ0n) is 10.5. The van der Waals surface area contributed by atoms with E-state index in [0.29, 0.717) is 12.0 Å². The molecule has 0 aliphatic carbocycles. The molecule has 2 atom stereocenters. The van der Waals surface area contributed by atoms with Crippen molar-refractivity contribution in [1.82, 2.24) is 15.3 Å². The lowest BCUT2D eigenvalue weighted by Gasteiger charge is -2.24. The summed E-state index contributed by atoms with van der Waals surface area (Å²) in [5, 5.41) is 3.55. The van der Waals surface area contributed by atoms with Crippen LogP contribution in [0.4, 0.5) is 16.2 Å². The number of rotatable bonds is 2. The minimum absolute atomic E-state index is 0.0489. The average Bonchev–Trinajstić information content (AvgIpc) is 2.81. The van der Waals surface area contributed by atoms with Gasteiger partial charge in [-0.05, 0) is 32.2 Å². The Morgan fingerprint density at radius 2 is 2.33 bits per heavy atom. The highest BCUT2D eigenvalue weighted by Crippen LogP contribution is 2.28. The third-order valence-corrected chi connectivity index (χ3v) is 3.85. The third kappa shape index (κ3) is 2.12. The Hall–Kier alpha value is -1.43. The van der Waals surface area contributed by atoms with E-state index in [9.17, 15) is 4.48 Å². The molecule has 98 valence electrons. The molecule has 18 heavy (non-hydrogen) atoms. The molecule has 1 aromatic rings. The number of halogens is 1. The molecule has 6 heteroatoms. The van der Waals surface area contributed by atoms with Crippen molar-refractivity contribution in [2.75, 3.05) is 30.1 Å². The molecule has 2 aliphatic rings. The van der Waals surface area contributed by atoms with E-state index in [-0.39, 0.29) is 5.95 Å². The van der Waals surface area contributed by atoms with Crippen LogP contribution in [0.5, 0.6) is 0 Å². The van der Waals surface area contributed by atoms with Gasteiger partial charge in [-0.25, -0.2) is 4.98 Å². The van der Waals surface area contributed by atoms with Gasteiger partial charge in [-0.2, -0.15) is 10.5 Å².